The highest BCUT2D eigenvalue weighted by atomic mass is 35.5. The summed E-state index contributed by atoms with van der Waals surface area (Å²) < 4.78 is 6.53. The molecular formula is C18H11ClN4O2. The summed E-state index contributed by atoms with van der Waals surface area (Å²) in [6.45, 7) is 0.596. The van der Waals surface area contributed by atoms with Crippen LogP contribution in [0, 0.1) is 11.3 Å². The molecule has 2 heterocycles. The van der Waals surface area contributed by atoms with E-state index in [1.54, 1.807) is 6.20 Å². The summed E-state index contributed by atoms with van der Waals surface area (Å²) in [5.41, 5.74) is 3.17. The standard InChI is InChI=1S/C18H11ClN4O2/c19-14-3-1-2-11(6-14)9-23-10-13(8-20)15-7-12(4-5-16(15)23)17-21-18(24)25-22-17/h1-7,10H,9H2,(H,21,22,24). The van der Waals surface area contributed by atoms with Gasteiger partial charge in [0.2, 0.25) is 0 Å². The van der Waals surface area contributed by atoms with Gasteiger partial charge < -0.3 is 4.57 Å². The molecular weight excluding hydrogens is 340 g/mol. The molecule has 1 N–H and O–H groups in total. The summed E-state index contributed by atoms with van der Waals surface area (Å²) in [6.07, 6.45) is 1.81. The van der Waals surface area contributed by atoms with Crippen molar-refractivity contribution >= 4 is 22.5 Å². The lowest BCUT2D eigenvalue weighted by Crippen LogP contribution is -1.98. The molecule has 0 spiro atoms. The van der Waals surface area contributed by atoms with Crippen molar-refractivity contribution in [3.8, 4) is 17.5 Å². The molecule has 0 unspecified atom stereocenters. The van der Waals surface area contributed by atoms with Crippen LogP contribution in [0.2, 0.25) is 5.02 Å². The van der Waals surface area contributed by atoms with E-state index in [1.807, 2.05) is 47.0 Å². The molecule has 7 heteroatoms. The van der Waals surface area contributed by atoms with Gasteiger partial charge in [0.05, 0.1) is 5.56 Å². The van der Waals surface area contributed by atoms with Crippen molar-refractivity contribution in [3.05, 3.63) is 75.4 Å². The summed E-state index contributed by atoms with van der Waals surface area (Å²) in [5, 5.41) is 14.6. The SMILES string of the molecule is N#Cc1cn(Cc2cccc(Cl)c2)c2ccc(-c3noc(=O)[nH]3)cc12. The Morgan fingerprint density at radius 2 is 2.16 bits per heavy atom. The third-order valence-corrected chi connectivity index (χ3v) is 4.19. The largest absolute Gasteiger partial charge is 0.439 e. The highest BCUT2D eigenvalue weighted by molar-refractivity contribution is 6.30. The van der Waals surface area contributed by atoms with E-state index in [0.29, 0.717) is 28.5 Å². The molecule has 0 aliphatic carbocycles. The molecule has 0 radical (unpaired) electrons. The van der Waals surface area contributed by atoms with E-state index in [-0.39, 0.29) is 0 Å². The van der Waals surface area contributed by atoms with Gasteiger partial charge in [-0.25, -0.2) is 4.79 Å². The minimum Gasteiger partial charge on any atom is -0.342 e. The van der Waals surface area contributed by atoms with Gasteiger partial charge >= 0.3 is 5.76 Å². The first-order valence-corrected chi connectivity index (χ1v) is 7.85. The Labute approximate surface area is 146 Å². The fourth-order valence-corrected chi connectivity index (χ4v) is 3.06. The number of aromatic amines is 1. The highest BCUT2D eigenvalue weighted by Gasteiger charge is 2.12. The lowest BCUT2D eigenvalue weighted by molar-refractivity contribution is 0.388. The Bertz CT molecular complexity index is 1180. The number of aromatic nitrogens is 3. The number of fused-ring (bicyclic) bond motifs is 1. The number of hydrogen-bond acceptors (Lipinski definition) is 4. The summed E-state index contributed by atoms with van der Waals surface area (Å²) >= 11 is 6.05. The van der Waals surface area contributed by atoms with E-state index in [9.17, 15) is 10.1 Å². The number of nitrogens with zero attached hydrogens (tertiary/aromatic N) is 3. The van der Waals surface area contributed by atoms with Crippen molar-refractivity contribution in [1.82, 2.24) is 14.7 Å². The summed E-state index contributed by atoms with van der Waals surface area (Å²) in [7, 11) is 0. The number of hydrogen-bond donors (Lipinski definition) is 1. The monoisotopic (exact) mass is 350 g/mol. The molecule has 0 fully saturated rings. The van der Waals surface area contributed by atoms with Gasteiger partial charge in [0.25, 0.3) is 0 Å². The van der Waals surface area contributed by atoms with Gasteiger partial charge in [-0.05, 0) is 35.9 Å². The molecule has 25 heavy (non-hydrogen) atoms. The number of nitriles is 1. The molecule has 122 valence electrons. The van der Waals surface area contributed by atoms with Crippen LogP contribution in [0.1, 0.15) is 11.1 Å². The third kappa shape index (κ3) is 2.82. The fourth-order valence-electron chi connectivity index (χ4n) is 2.85. The molecule has 0 saturated carbocycles. The van der Waals surface area contributed by atoms with Crippen LogP contribution >= 0.6 is 11.6 Å². The Morgan fingerprint density at radius 3 is 2.88 bits per heavy atom. The Balaban J connectivity index is 1.81. The Kier molecular flexibility index (Phi) is 3.64. The van der Waals surface area contributed by atoms with Gasteiger partial charge in [-0.15, -0.1) is 0 Å². The van der Waals surface area contributed by atoms with Gasteiger partial charge in [-0.3, -0.25) is 9.51 Å². The van der Waals surface area contributed by atoms with Crippen LogP contribution in [0.25, 0.3) is 22.3 Å². The number of nitrogens with one attached hydrogen (secondary N) is 1. The minimum absolute atomic E-state index is 0.332. The van der Waals surface area contributed by atoms with Gasteiger partial charge in [-0.2, -0.15) is 5.26 Å². The van der Waals surface area contributed by atoms with Crippen molar-refractivity contribution in [2.45, 2.75) is 6.54 Å². The van der Waals surface area contributed by atoms with Crippen LogP contribution in [0.5, 0.6) is 0 Å². The molecule has 0 amide bonds. The van der Waals surface area contributed by atoms with Crippen LogP contribution < -0.4 is 5.76 Å². The van der Waals surface area contributed by atoms with Gasteiger partial charge in [-0.1, -0.05) is 28.9 Å². The Hall–Kier alpha value is -3.30. The van der Waals surface area contributed by atoms with E-state index in [4.69, 9.17) is 11.6 Å². The number of halogens is 1. The predicted octanol–water partition coefficient (Wildman–Crippen LogP) is 3.56. The average molecular weight is 351 g/mol. The normalized spacial score (nSPS) is 10.9. The lowest BCUT2D eigenvalue weighted by atomic mass is 10.1. The molecule has 0 aliphatic rings. The highest BCUT2D eigenvalue weighted by Crippen LogP contribution is 2.27. The van der Waals surface area contributed by atoms with Gasteiger partial charge in [0.15, 0.2) is 5.82 Å². The van der Waals surface area contributed by atoms with E-state index >= 15 is 0 Å². The van der Waals surface area contributed by atoms with Crippen molar-refractivity contribution < 1.29 is 4.52 Å². The lowest BCUT2D eigenvalue weighted by Gasteiger charge is -2.06. The zero-order valence-electron chi connectivity index (χ0n) is 12.9. The van der Waals surface area contributed by atoms with E-state index in [2.05, 4.69) is 20.7 Å². The second-order valence-corrected chi connectivity index (χ2v) is 6.02. The molecule has 0 atom stereocenters. The molecule has 4 aromatic rings. The maximum absolute atomic E-state index is 11.1. The summed E-state index contributed by atoms with van der Waals surface area (Å²) in [4.78, 5) is 13.6. The number of benzene rings is 2. The zero-order chi connectivity index (χ0) is 17.4. The van der Waals surface area contributed by atoms with Crippen LogP contribution in [-0.2, 0) is 6.54 Å². The van der Waals surface area contributed by atoms with Crippen LogP contribution in [0.3, 0.4) is 0 Å². The quantitative estimate of drug-likeness (QED) is 0.612. The zero-order valence-corrected chi connectivity index (χ0v) is 13.6. The van der Waals surface area contributed by atoms with Crippen LogP contribution in [0.4, 0.5) is 0 Å². The minimum atomic E-state index is -0.617. The molecule has 4 rings (SSSR count). The first-order valence-electron chi connectivity index (χ1n) is 7.48. The van der Waals surface area contributed by atoms with Crippen LogP contribution in [0.15, 0.2) is 58.0 Å². The molecule has 2 aromatic carbocycles. The smallest absolute Gasteiger partial charge is 0.342 e. The molecule has 0 saturated heterocycles. The third-order valence-electron chi connectivity index (χ3n) is 3.96. The van der Waals surface area contributed by atoms with E-state index in [0.717, 1.165) is 16.5 Å². The number of H-pyrrole nitrogens is 1. The molecule has 2 aromatic heterocycles. The van der Waals surface area contributed by atoms with Crippen LogP contribution in [-0.4, -0.2) is 14.7 Å². The van der Waals surface area contributed by atoms with Crippen molar-refractivity contribution in [3.63, 3.8) is 0 Å². The maximum atomic E-state index is 11.1. The fraction of sp³-hybridized carbons (Fsp3) is 0.0556. The molecule has 6 nitrogen and oxygen atoms in total. The summed E-state index contributed by atoms with van der Waals surface area (Å²) in [5.74, 6) is -0.285. The molecule has 0 aliphatic heterocycles. The van der Waals surface area contributed by atoms with E-state index < -0.39 is 5.76 Å². The first-order chi connectivity index (χ1) is 12.1. The van der Waals surface area contributed by atoms with Gasteiger partial charge in [0.1, 0.15) is 6.07 Å². The number of rotatable bonds is 3. The maximum Gasteiger partial charge on any atom is 0.439 e. The predicted molar refractivity (Wildman–Crippen MR) is 93.3 cm³/mol. The van der Waals surface area contributed by atoms with Gasteiger partial charge in [0, 0.05) is 34.2 Å². The first kappa shape index (κ1) is 15.2. The second kappa shape index (κ2) is 5.96. The van der Waals surface area contributed by atoms with Crippen molar-refractivity contribution in [2.75, 3.05) is 0 Å². The molecule has 0 bridgehead atoms. The average Bonchev–Trinajstić information content (AvgIpc) is 3.18. The second-order valence-electron chi connectivity index (χ2n) is 5.59. The van der Waals surface area contributed by atoms with Crippen molar-refractivity contribution in [2.24, 2.45) is 0 Å². The topological polar surface area (TPSA) is 87.6 Å². The summed E-state index contributed by atoms with van der Waals surface area (Å²) in [6, 6.07) is 15.3. The Morgan fingerprint density at radius 1 is 1.28 bits per heavy atom. The van der Waals surface area contributed by atoms with Crippen molar-refractivity contribution in [1.29, 1.82) is 5.26 Å². The van der Waals surface area contributed by atoms with E-state index in [1.165, 1.54) is 0 Å².